The Kier molecular flexibility index (Phi) is 5.59. The molecule has 0 aliphatic carbocycles. The fourth-order valence-electron chi connectivity index (χ4n) is 2.61. The Morgan fingerprint density at radius 1 is 1.12 bits per heavy atom. The summed E-state index contributed by atoms with van der Waals surface area (Å²) in [6.45, 7) is 2.81. The number of benzene rings is 2. The highest BCUT2D eigenvalue weighted by molar-refractivity contribution is 8.00. The van der Waals surface area contributed by atoms with E-state index in [9.17, 15) is 4.79 Å². The molecule has 24 heavy (non-hydrogen) atoms. The van der Waals surface area contributed by atoms with Crippen LogP contribution < -0.4 is 4.74 Å². The van der Waals surface area contributed by atoms with Gasteiger partial charge in [0, 0.05) is 23.5 Å². The van der Waals surface area contributed by atoms with Crippen molar-refractivity contribution >= 4 is 40.9 Å². The summed E-state index contributed by atoms with van der Waals surface area (Å²) >= 11 is 13.6. The van der Waals surface area contributed by atoms with Gasteiger partial charge in [-0.25, -0.2) is 0 Å². The van der Waals surface area contributed by atoms with Gasteiger partial charge >= 0.3 is 0 Å². The van der Waals surface area contributed by atoms with Gasteiger partial charge in [-0.15, -0.1) is 11.8 Å². The predicted molar refractivity (Wildman–Crippen MR) is 99.9 cm³/mol. The average Bonchev–Trinajstić information content (AvgIpc) is 3.00. The lowest BCUT2D eigenvalue weighted by Gasteiger charge is -2.22. The van der Waals surface area contributed by atoms with E-state index in [1.165, 1.54) is 0 Å². The molecule has 0 bridgehead atoms. The van der Waals surface area contributed by atoms with E-state index in [0.717, 1.165) is 11.3 Å². The molecule has 6 heteroatoms. The number of nitrogens with zero attached hydrogens (tertiary/aromatic N) is 1. The van der Waals surface area contributed by atoms with Crippen molar-refractivity contribution in [1.29, 1.82) is 0 Å². The molecule has 0 radical (unpaired) electrons. The van der Waals surface area contributed by atoms with Crippen molar-refractivity contribution in [3.05, 3.63) is 64.1 Å². The molecule has 2 aromatic rings. The quantitative estimate of drug-likeness (QED) is 0.743. The molecule has 126 valence electrons. The minimum Gasteiger partial charge on any atom is -0.492 e. The molecule has 3 nitrogen and oxygen atoms in total. The van der Waals surface area contributed by atoms with Gasteiger partial charge in [0.1, 0.15) is 17.7 Å². The van der Waals surface area contributed by atoms with Gasteiger partial charge in [-0.3, -0.25) is 4.79 Å². The second kappa shape index (κ2) is 7.68. The summed E-state index contributed by atoms with van der Waals surface area (Å²) in [5.74, 6) is 0.848. The highest BCUT2D eigenvalue weighted by atomic mass is 35.5. The number of carbonyl (C=O) groups excluding carboxylic acids is 1. The van der Waals surface area contributed by atoms with Crippen molar-refractivity contribution in [2.75, 3.05) is 13.2 Å². The number of hydrogen-bond donors (Lipinski definition) is 0. The van der Waals surface area contributed by atoms with Crippen LogP contribution in [-0.4, -0.2) is 29.2 Å². The van der Waals surface area contributed by atoms with Gasteiger partial charge in [0.15, 0.2) is 0 Å². The monoisotopic (exact) mass is 381 g/mol. The highest BCUT2D eigenvalue weighted by Crippen LogP contribution is 2.42. The van der Waals surface area contributed by atoms with Crippen LogP contribution in [0.25, 0.3) is 0 Å². The van der Waals surface area contributed by atoms with Crippen LogP contribution in [0.1, 0.15) is 17.9 Å². The standard InChI is InChI=1S/C18H17Cl2NO2S/c1-12(22)21-10-17(11-23-16-8-6-15(20)7-9-16)24-18(21)13-2-4-14(19)5-3-13/h2-9,17-18H,10-11H2,1H3/t17-,18-/m1/s1. The molecule has 1 saturated heterocycles. The maximum atomic E-state index is 12.0. The van der Waals surface area contributed by atoms with Gasteiger partial charge in [-0.05, 0) is 42.0 Å². The molecule has 1 heterocycles. The summed E-state index contributed by atoms with van der Waals surface area (Å²) in [7, 11) is 0. The first kappa shape index (κ1) is 17.5. The van der Waals surface area contributed by atoms with E-state index in [0.29, 0.717) is 23.2 Å². The van der Waals surface area contributed by atoms with E-state index in [-0.39, 0.29) is 16.5 Å². The highest BCUT2D eigenvalue weighted by Gasteiger charge is 2.35. The Morgan fingerprint density at radius 3 is 2.29 bits per heavy atom. The van der Waals surface area contributed by atoms with E-state index in [4.69, 9.17) is 27.9 Å². The van der Waals surface area contributed by atoms with E-state index >= 15 is 0 Å². The lowest BCUT2D eigenvalue weighted by Crippen LogP contribution is -2.30. The number of rotatable bonds is 4. The third-order valence-corrected chi connectivity index (χ3v) is 5.77. The van der Waals surface area contributed by atoms with Crippen LogP contribution in [0, 0.1) is 0 Å². The smallest absolute Gasteiger partial charge is 0.220 e. The lowest BCUT2D eigenvalue weighted by molar-refractivity contribution is -0.129. The summed E-state index contributed by atoms with van der Waals surface area (Å²) in [5, 5.41) is 1.59. The molecular weight excluding hydrogens is 365 g/mol. The molecule has 3 rings (SSSR count). The second-order valence-electron chi connectivity index (χ2n) is 5.60. The van der Waals surface area contributed by atoms with E-state index in [1.807, 2.05) is 41.3 Å². The van der Waals surface area contributed by atoms with Crippen LogP contribution in [-0.2, 0) is 4.79 Å². The Bertz CT molecular complexity index is 706. The van der Waals surface area contributed by atoms with Crippen LogP contribution in [0.15, 0.2) is 48.5 Å². The van der Waals surface area contributed by atoms with Crippen molar-refractivity contribution in [1.82, 2.24) is 4.90 Å². The summed E-state index contributed by atoms with van der Waals surface area (Å²) < 4.78 is 5.84. The van der Waals surface area contributed by atoms with Gasteiger partial charge in [0.25, 0.3) is 0 Å². The Labute approximate surface area is 155 Å². The van der Waals surface area contributed by atoms with E-state index < -0.39 is 0 Å². The molecular formula is C18H17Cl2NO2S. The van der Waals surface area contributed by atoms with Crippen molar-refractivity contribution < 1.29 is 9.53 Å². The van der Waals surface area contributed by atoms with E-state index in [2.05, 4.69) is 0 Å². The molecule has 2 aromatic carbocycles. The third kappa shape index (κ3) is 4.18. The zero-order chi connectivity index (χ0) is 17.1. The molecule has 0 saturated carbocycles. The van der Waals surface area contributed by atoms with E-state index in [1.54, 1.807) is 30.8 Å². The number of halogens is 2. The number of amides is 1. The summed E-state index contributed by atoms with van der Waals surface area (Å²) in [6, 6.07) is 15.0. The van der Waals surface area contributed by atoms with Gasteiger partial charge in [-0.1, -0.05) is 35.3 Å². The zero-order valence-electron chi connectivity index (χ0n) is 13.1. The fourth-order valence-corrected chi connectivity index (χ4v) is 4.31. The summed E-state index contributed by atoms with van der Waals surface area (Å²) in [4.78, 5) is 13.9. The third-order valence-electron chi connectivity index (χ3n) is 3.81. The lowest BCUT2D eigenvalue weighted by atomic mass is 10.2. The average molecular weight is 382 g/mol. The van der Waals surface area contributed by atoms with Gasteiger partial charge in [-0.2, -0.15) is 0 Å². The molecule has 1 amide bonds. The first-order valence-electron chi connectivity index (χ1n) is 7.59. The van der Waals surface area contributed by atoms with Gasteiger partial charge < -0.3 is 9.64 Å². The molecule has 0 aromatic heterocycles. The van der Waals surface area contributed by atoms with Crippen molar-refractivity contribution in [2.45, 2.75) is 17.5 Å². The SMILES string of the molecule is CC(=O)N1C[C@H](COc2ccc(Cl)cc2)S[C@@H]1c1ccc(Cl)cc1. The van der Waals surface area contributed by atoms with Gasteiger partial charge in [0.05, 0.1) is 5.25 Å². The minimum atomic E-state index is -0.00131. The fraction of sp³-hybridized carbons (Fsp3) is 0.278. The second-order valence-corrected chi connectivity index (χ2v) is 7.86. The number of ether oxygens (including phenoxy) is 1. The molecule has 0 unspecified atom stereocenters. The van der Waals surface area contributed by atoms with Crippen molar-refractivity contribution in [3.63, 3.8) is 0 Å². The predicted octanol–water partition coefficient (Wildman–Crippen LogP) is 5.03. The minimum absolute atomic E-state index is 0.00131. The Hall–Kier alpha value is -1.36. The summed E-state index contributed by atoms with van der Waals surface area (Å²) in [6.07, 6.45) is 0. The molecule has 0 spiro atoms. The molecule has 1 aliphatic rings. The molecule has 0 N–H and O–H groups in total. The van der Waals surface area contributed by atoms with Gasteiger partial charge in [0.2, 0.25) is 5.91 Å². The van der Waals surface area contributed by atoms with Crippen LogP contribution in [0.5, 0.6) is 5.75 Å². The zero-order valence-corrected chi connectivity index (χ0v) is 15.4. The van der Waals surface area contributed by atoms with Crippen LogP contribution in [0.4, 0.5) is 0 Å². The normalized spacial score (nSPS) is 20.2. The Morgan fingerprint density at radius 2 is 1.71 bits per heavy atom. The van der Waals surface area contributed by atoms with Crippen molar-refractivity contribution in [2.24, 2.45) is 0 Å². The number of thioether (sulfide) groups is 1. The van der Waals surface area contributed by atoms with Crippen LogP contribution >= 0.6 is 35.0 Å². The molecule has 1 aliphatic heterocycles. The van der Waals surface area contributed by atoms with Crippen molar-refractivity contribution in [3.8, 4) is 5.75 Å². The molecule has 1 fully saturated rings. The number of carbonyl (C=O) groups is 1. The molecule has 2 atom stereocenters. The van der Waals surface area contributed by atoms with Crippen LogP contribution in [0.3, 0.4) is 0 Å². The summed E-state index contributed by atoms with van der Waals surface area (Å²) in [5.41, 5.74) is 1.08. The maximum absolute atomic E-state index is 12.0. The maximum Gasteiger partial charge on any atom is 0.220 e. The largest absolute Gasteiger partial charge is 0.492 e. The van der Waals surface area contributed by atoms with Crippen LogP contribution in [0.2, 0.25) is 10.0 Å². The Balaban J connectivity index is 1.67. The topological polar surface area (TPSA) is 29.5 Å². The first-order valence-corrected chi connectivity index (χ1v) is 9.29. The number of hydrogen-bond acceptors (Lipinski definition) is 3. The first-order chi connectivity index (χ1) is 11.5.